The van der Waals surface area contributed by atoms with Gasteiger partial charge in [-0.2, -0.15) is 4.31 Å². The fourth-order valence-corrected chi connectivity index (χ4v) is 4.51. The van der Waals surface area contributed by atoms with Crippen molar-refractivity contribution in [1.29, 1.82) is 0 Å². The third kappa shape index (κ3) is 4.05. The lowest BCUT2D eigenvalue weighted by Gasteiger charge is -2.34. The van der Waals surface area contributed by atoms with E-state index in [4.69, 9.17) is 0 Å². The van der Waals surface area contributed by atoms with E-state index >= 15 is 0 Å². The summed E-state index contributed by atoms with van der Waals surface area (Å²) in [6, 6.07) is 12.2. The highest BCUT2D eigenvalue weighted by molar-refractivity contribution is 7.89. The smallest absolute Gasteiger partial charge is 0.269 e. The van der Waals surface area contributed by atoms with Crippen LogP contribution in [0.5, 0.6) is 0 Å². The molecule has 0 atom stereocenters. The van der Waals surface area contributed by atoms with Gasteiger partial charge in [-0.3, -0.25) is 14.9 Å². The van der Waals surface area contributed by atoms with E-state index in [0.29, 0.717) is 18.7 Å². The molecule has 1 saturated heterocycles. The fraction of sp³-hybridized carbons (Fsp3) is 0.316. The Hall–Kier alpha value is -2.78. The molecular weight excluding hydrogens is 382 g/mol. The van der Waals surface area contributed by atoms with Crippen molar-refractivity contribution in [2.24, 2.45) is 0 Å². The van der Waals surface area contributed by atoms with Gasteiger partial charge in [-0.15, -0.1) is 0 Å². The highest BCUT2D eigenvalue weighted by Gasteiger charge is 2.30. The molecule has 1 heterocycles. The lowest BCUT2D eigenvalue weighted by atomic mass is 10.1. The summed E-state index contributed by atoms with van der Waals surface area (Å²) in [5.74, 6) is -0.116. The van der Waals surface area contributed by atoms with Crippen molar-refractivity contribution in [1.82, 2.24) is 9.21 Å². The second-order valence-corrected chi connectivity index (χ2v) is 8.44. The second-order valence-electron chi connectivity index (χ2n) is 6.50. The third-order valence-electron chi connectivity index (χ3n) is 4.82. The van der Waals surface area contributed by atoms with E-state index < -0.39 is 14.9 Å². The van der Waals surface area contributed by atoms with Crippen molar-refractivity contribution >= 4 is 21.6 Å². The zero-order valence-corrected chi connectivity index (χ0v) is 16.3. The Morgan fingerprint density at radius 3 is 2.07 bits per heavy atom. The van der Waals surface area contributed by atoms with Gasteiger partial charge in [-0.05, 0) is 36.2 Å². The number of piperazine rings is 1. The normalized spacial score (nSPS) is 15.4. The van der Waals surface area contributed by atoms with Crippen molar-refractivity contribution in [3.8, 4) is 0 Å². The number of nitrogens with zero attached hydrogens (tertiary/aromatic N) is 3. The Kier molecular flexibility index (Phi) is 5.76. The summed E-state index contributed by atoms with van der Waals surface area (Å²) in [6.07, 6.45) is 0.896. The zero-order valence-electron chi connectivity index (χ0n) is 15.4. The van der Waals surface area contributed by atoms with Crippen LogP contribution < -0.4 is 0 Å². The quantitative estimate of drug-likeness (QED) is 0.563. The summed E-state index contributed by atoms with van der Waals surface area (Å²) in [5, 5.41) is 10.7. The van der Waals surface area contributed by atoms with Crippen molar-refractivity contribution in [2.45, 2.75) is 18.2 Å². The highest BCUT2D eigenvalue weighted by atomic mass is 32.2. The van der Waals surface area contributed by atoms with Gasteiger partial charge in [0.2, 0.25) is 10.0 Å². The summed E-state index contributed by atoms with van der Waals surface area (Å²) >= 11 is 0. The SMILES string of the molecule is CCc1ccc(C(=O)N2CCN(S(=O)(=O)c3ccc([N+](=O)[O-])cc3)CC2)cc1. The lowest BCUT2D eigenvalue weighted by molar-refractivity contribution is -0.384. The van der Waals surface area contributed by atoms with E-state index in [-0.39, 0.29) is 29.6 Å². The molecule has 2 aromatic carbocycles. The van der Waals surface area contributed by atoms with E-state index in [1.54, 1.807) is 17.0 Å². The van der Waals surface area contributed by atoms with E-state index in [0.717, 1.165) is 12.0 Å². The molecule has 1 fully saturated rings. The molecule has 1 aliphatic rings. The minimum atomic E-state index is -3.75. The molecular formula is C19H21N3O5S. The summed E-state index contributed by atoms with van der Waals surface area (Å²) in [6.45, 7) is 2.98. The van der Waals surface area contributed by atoms with Crippen LogP contribution in [0, 0.1) is 10.1 Å². The molecule has 1 amide bonds. The number of benzene rings is 2. The number of amides is 1. The minimum absolute atomic E-state index is 0.00744. The van der Waals surface area contributed by atoms with Crippen LogP contribution in [0.1, 0.15) is 22.8 Å². The number of sulfonamides is 1. The van der Waals surface area contributed by atoms with Crippen LogP contribution in [0.4, 0.5) is 5.69 Å². The Bertz CT molecular complexity index is 964. The Morgan fingerprint density at radius 1 is 1.00 bits per heavy atom. The average molecular weight is 403 g/mol. The van der Waals surface area contributed by atoms with Gasteiger partial charge in [0.05, 0.1) is 9.82 Å². The molecule has 0 bridgehead atoms. The number of non-ortho nitro benzene ring substituents is 1. The predicted molar refractivity (Wildman–Crippen MR) is 104 cm³/mol. The number of hydrogen-bond acceptors (Lipinski definition) is 5. The van der Waals surface area contributed by atoms with E-state index in [1.807, 2.05) is 19.1 Å². The Labute approximate surface area is 163 Å². The van der Waals surface area contributed by atoms with Gasteiger partial charge in [0.25, 0.3) is 11.6 Å². The summed E-state index contributed by atoms with van der Waals surface area (Å²) in [7, 11) is -3.75. The van der Waals surface area contributed by atoms with Crippen LogP contribution >= 0.6 is 0 Å². The molecule has 148 valence electrons. The van der Waals surface area contributed by atoms with Gasteiger partial charge < -0.3 is 4.90 Å². The summed E-state index contributed by atoms with van der Waals surface area (Å²) in [5.41, 5.74) is 1.57. The molecule has 0 saturated carbocycles. The van der Waals surface area contributed by atoms with Crippen LogP contribution in [0.25, 0.3) is 0 Å². The van der Waals surface area contributed by atoms with Crippen LogP contribution in [0.15, 0.2) is 53.4 Å². The molecule has 0 aromatic heterocycles. The number of hydrogen-bond donors (Lipinski definition) is 0. The third-order valence-corrected chi connectivity index (χ3v) is 6.73. The topological polar surface area (TPSA) is 101 Å². The van der Waals surface area contributed by atoms with Gasteiger partial charge in [0.15, 0.2) is 0 Å². The molecule has 8 nitrogen and oxygen atoms in total. The average Bonchev–Trinajstić information content (AvgIpc) is 2.73. The number of aryl methyl sites for hydroxylation is 1. The molecule has 0 aliphatic carbocycles. The van der Waals surface area contributed by atoms with Crippen LogP contribution in [0.3, 0.4) is 0 Å². The lowest BCUT2D eigenvalue weighted by Crippen LogP contribution is -2.50. The molecule has 0 spiro atoms. The first-order chi connectivity index (χ1) is 13.3. The first-order valence-corrected chi connectivity index (χ1v) is 10.4. The monoisotopic (exact) mass is 403 g/mol. The van der Waals surface area contributed by atoms with Gasteiger partial charge in [-0.25, -0.2) is 8.42 Å². The van der Waals surface area contributed by atoms with Crippen molar-refractivity contribution in [2.75, 3.05) is 26.2 Å². The largest absolute Gasteiger partial charge is 0.336 e. The second kappa shape index (κ2) is 8.07. The van der Waals surface area contributed by atoms with Crippen molar-refractivity contribution in [3.05, 3.63) is 69.8 Å². The van der Waals surface area contributed by atoms with Crippen molar-refractivity contribution in [3.63, 3.8) is 0 Å². The van der Waals surface area contributed by atoms with Crippen LogP contribution in [-0.2, 0) is 16.4 Å². The van der Waals surface area contributed by atoms with E-state index in [9.17, 15) is 23.3 Å². The first kappa shape index (κ1) is 20.0. The number of carbonyl (C=O) groups excluding carboxylic acids is 1. The first-order valence-electron chi connectivity index (χ1n) is 8.95. The Balaban J connectivity index is 1.66. The van der Waals surface area contributed by atoms with Gasteiger partial charge in [-0.1, -0.05) is 19.1 Å². The maximum atomic E-state index is 12.7. The Morgan fingerprint density at radius 2 is 1.57 bits per heavy atom. The maximum Gasteiger partial charge on any atom is 0.269 e. The molecule has 0 radical (unpaired) electrons. The van der Waals surface area contributed by atoms with E-state index in [2.05, 4.69) is 0 Å². The minimum Gasteiger partial charge on any atom is -0.336 e. The van der Waals surface area contributed by atoms with Crippen LogP contribution in [-0.4, -0.2) is 54.6 Å². The van der Waals surface area contributed by atoms with Crippen molar-refractivity contribution < 1.29 is 18.1 Å². The fourth-order valence-electron chi connectivity index (χ4n) is 3.09. The zero-order chi connectivity index (χ0) is 20.3. The molecule has 0 N–H and O–H groups in total. The predicted octanol–water partition coefficient (Wildman–Crippen LogP) is 2.30. The number of nitro benzene ring substituents is 1. The number of nitro groups is 1. The summed E-state index contributed by atoms with van der Waals surface area (Å²) in [4.78, 5) is 24.4. The van der Waals surface area contributed by atoms with Crippen LogP contribution in [0.2, 0.25) is 0 Å². The molecule has 3 rings (SSSR count). The number of carbonyl (C=O) groups is 1. The maximum absolute atomic E-state index is 12.7. The molecule has 2 aromatic rings. The molecule has 28 heavy (non-hydrogen) atoms. The van der Waals surface area contributed by atoms with Gasteiger partial charge in [0, 0.05) is 43.9 Å². The summed E-state index contributed by atoms with van der Waals surface area (Å²) < 4.78 is 26.8. The standard InChI is InChI=1S/C19H21N3O5S/c1-2-15-3-5-16(6-4-15)19(23)20-11-13-21(14-12-20)28(26,27)18-9-7-17(8-10-18)22(24)25/h3-10H,2,11-14H2,1H3. The van der Waals surface area contributed by atoms with Gasteiger partial charge in [0.1, 0.15) is 0 Å². The number of rotatable bonds is 5. The highest BCUT2D eigenvalue weighted by Crippen LogP contribution is 2.21. The van der Waals surface area contributed by atoms with Gasteiger partial charge >= 0.3 is 0 Å². The van der Waals surface area contributed by atoms with E-state index in [1.165, 1.54) is 28.6 Å². The molecule has 9 heteroatoms. The molecule has 0 unspecified atom stereocenters. The molecule has 1 aliphatic heterocycles.